The first-order chi connectivity index (χ1) is 11.9. The largest absolute Gasteiger partial charge is 0.339 e. The highest BCUT2D eigenvalue weighted by Gasteiger charge is 2.40. The van der Waals surface area contributed by atoms with Crippen molar-refractivity contribution in [1.82, 2.24) is 4.90 Å². The van der Waals surface area contributed by atoms with Gasteiger partial charge in [0.05, 0.1) is 10.6 Å². The SMILES string of the molecule is O=C(CSc1ccc(F)cc1)N1CC(S(=O)(=O)c2ccc(Cl)cc2)C1. The van der Waals surface area contributed by atoms with Gasteiger partial charge in [-0.3, -0.25) is 4.79 Å². The number of hydrogen-bond acceptors (Lipinski definition) is 4. The van der Waals surface area contributed by atoms with E-state index in [-0.39, 0.29) is 35.5 Å². The molecule has 0 unspecified atom stereocenters. The number of nitrogens with zero attached hydrogens (tertiary/aromatic N) is 1. The van der Waals surface area contributed by atoms with E-state index in [4.69, 9.17) is 11.6 Å². The summed E-state index contributed by atoms with van der Waals surface area (Å²) in [5, 5.41) is -0.115. The molecule has 2 aromatic carbocycles. The topological polar surface area (TPSA) is 54.5 Å². The molecule has 25 heavy (non-hydrogen) atoms. The van der Waals surface area contributed by atoms with E-state index in [2.05, 4.69) is 0 Å². The second-order valence-electron chi connectivity index (χ2n) is 5.66. The summed E-state index contributed by atoms with van der Waals surface area (Å²) < 4.78 is 37.8. The predicted octanol–water partition coefficient (Wildman–Crippen LogP) is 3.26. The molecule has 2 aromatic rings. The summed E-state index contributed by atoms with van der Waals surface area (Å²) in [7, 11) is -3.46. The zero-order valence-corrected chi connectivity index (χ0v) is 15.5. The van der Waals surface area contributed by atoms with E-state index in [0.717, 1.165) is 4.90 Å². The van der Waals surface area contributed by atoms with Crippen molar-refractivity contribution in [2.24, 2.45) is 0 Å². The van der Waals surface area contributed by atoms with Crippen LogP contribution in [0.4, 0.5) is 4.39 Å². The number of amides is 1. The summed E-state index contributed by atoms with van der Waals surface area (Å²) in [6.45, 7) is 0.377. The fourth-order valence-electron chi connectivity index (χ4n) is 2.42. The van der Waals surface area contributed by atoms with Gasteiger partial charge in [0.1, 0.15) is 11.1 Å². The Bertz CT molecular complexity index is 864. The van der Waals surface area contributed by atoms with E-state index in [9.17, 15) is 17.6 Å². The van der Waals surface area contributed by atoms with Gasteiger partial charge in [-0.05, 0) is 48.5 Å². The molecular formula is C17H15ClFNO3S2. The standard InChI is InChI=1S/C17H15ClFNO3S2/c18-12-1-7-15(8-2-12)25(22,23)16-9-20(10-16)17(21)11-24-14-5-3-13(19)4-6-14/h1-8,16H,9-11H2. The van der Waals surface area contributed by atoms with Crippen molar-refractivity contribution in [3.8, 4) is 0 Å². The van der Waals surface area contributed by atoms with Crippen LogP contribution in [0.3, 0.4) is 0 Å². The second kappa shape index (κ2) is 7.35. The summed E-state index contributed by atoms with van der Waals surface area (Å²) in [5.74, 6) is -0.259. The Labute approximate surface area is 154 Å². The van der Waals surface area contributed by atoms with Gasteiger partial charge in [-0.25, -0.2) is 12.8 Å². The normalized spacial score (nSPS) is 15.0. The molecule has 0 aromatic heterocycles. The van der Waals surface area contributed by atoms with Crippen LogP contribution < -0.4 is 0 Å². The molecule has 0 bridgehead atoms. The molecule has 3 rings (SSSR count). The highest BCUT2D eigenvalue weighted by atomic mass is 35.5. The number of rotatable bonds is 5. The van der Waals surface area contributed by atoms with Crippen LogP contribution in [0.15, 0.2) is 58.3 Å². The third kappa shape index (κ3) is 4.16. The number of thioether (sulfide) groups is 1. The van der Waals surface area contributed by atoms with Gasteiger partial charge in [-0.2, -0.15) is 0 Å². The lowest BCUT2D eigenvalue weighted by atomic mass is 10.2. The predicted molar refractivity (Wildman–Crippen MR) is 96.1 cm³/mol. The average molecular weight is 400 g/mol. The Hall–Kier alpha value is -1.57. The van der Waals surface area contributed by atoms with Gasteiger partial charge in [-0.1, -0.05) is 11.6 Å². The molecule has 0 N–H and O–H groups in total. The third-order valence-electron chi connectivity index (χ3n) is 3.96. The zero-order valence-electron chi connectivity index (χ0n) is 13.1. The minimum atomic E-state index is -3.46. The van der Waals surface area contributed by atoms with Crippen LogP contribution >= 0.6 is 23.4 Å². The molecule has 0 spiro atoms. The van der Waals surface area contributed by atoms with Gasteiger partial charge in [0.2, 0.25) is 5.91 Å². The number of carbonyl (C=O) groups is 1. The minimum absolute atomic E-state index is 0.128. The van der Waals surface area contributed by atoms with E-state index >= 15 is 0 Å². The molecule has 8 heteroatoms. The molecule has 1 heterocycles. The molecule has 1 saturated heterocycles. The number of sulfone groups is 1. The lowest BCUT2D eigenvalue weighted by Gasteiger charge is -2.38. The molecule has 0 radical (unpaired) electrons. The maximum Gasteiger partial charge on any atom is 0.233 e. The number of carbonyl (C=O) groups excluding carboxylic acids is 1. The average Bonchev–Trinajstić information content (AvgIpc) is 2.53. The lowest BCUT2D eigenvalue weighted by molar-refractivity contribution is -0.131. The second-order valence-corrected chi connectivity index (χ2v) is 9.38. The monoisotopic (exact) mass is 399 g/mol. The van der Waals surface area contributed by atoms with Gasteiger partial charge >= 0.3 is 0 Å². The molecule has 4 nitrogen and oxygen atoms in total. The van der Waals surface area contributed by atoms with Crippen molar-refractivity contribution in [3.05, 3.63) is 59.4 Å². The third-order valence-corrected chi connectivity index (χ3v) is 7.31. The van der Waals surface area contributed by atoms with Gasteiger partial charge < -0.3 is 4.90 Å². The fraction of sp³-hybridized carbons (Fsp3) is 0.235. The number of likely N-dealkylation sites (tertiary alicyclic amines) is 1. The summed E-state index contributed by atoms with van der Waals surface area (Å²) in [6.07, 6.45) is 0. The Morgan fingerprint density at radius 2 is 1.72 bits per heavy atom. The maximum absolute atomic E-state index is 12.8. The van der Waals surface area contributed by atoms with Crippen LogP contribution in [0.5, 0.6) is 0 Å². The molecule has 0 saturated carbocycles. The van der Waals surface area contributed by atoms with Gasteiger partial charge in [0.15, 0.2) is 9.84 Å². The van der Waals surface area contributed by atoms with Crippen molar-refractivity contribution in [2.75, 3.05) is 18.8 Å². The first kappa shape index (κ1) is 18.2. The van der Waals surface area contributed by atoms with E-state index in [1.165, 1.54) is 53.1 Å². The maximum atomic E-state index is 12.8. The smallest absolute Gasteiger partial charge is 0.233 e. The van der Waals surface area contributed by atoms with Crippen molar-refractivity contribution < 1.29 is 17.6 Å². The Morgan fingerprint density at radius 1 is 1.12 bits per heavy atom. The molecule has 0 aliphatic carbocycles. The number of benzene rings is 2. The molecule has 1 amide bonds. The molecule has 1 aliphatic rings. The Morgan fingerprint density at radius 3 is 2.32 bits per heavy atom. The highest BCUT2D eigenvalue weighted by molar-refractivity contribution is 8.00. The van der Waals surface area contributed by atoms with E-state index in [1.807, 2.05) is 0 Å². The van der Waals surface area contributed by atoms with Gasteiger partial charge in [-0.15, -0.1) is 11.8 Å². The number of hydrogen-bond donors (Lipinski definition) is 0. The first-order valence-corrected chi connectivity index (χ1v) is 10.4. The minimum Gasteiger partial charge on any atom is -0.339 e. The van der Waals surface area contributed by atoms with Gasteiger partial charge in [0, 0.05) is 23.0 Å². The lowest BCUT2D eigenvalue weighted by Crippen LogP contribution is -2.57. The van der Waals surface area contributed by atoms with Crippen LogP contribution in [0.2, 0.25) is 5.02 Å². The van der Waals surface area contributed by atoms with Gasteiger partial charge in [0.25, 0.3) is 0 Å². The van der Waals surface area contributed by atoms with Crippen molar-refractivity contribution >= 4 is 39.1 Å². The van der Waals surface area contributed by atoms with Crippen LogP contribution in [0.1, 0.15) is 0 Å². The van der Waals surface area contributed by atoms with Crippen molar-refractivity contribution in [1.29, 1.82) is 0 Å². The molecule has 1 aliphatic heterocycles. The fourth-order valence-corrected chi connectivity index (χ4v) is 5.00. The van der Waals surface area contributed by atoms with Crippen molar-refractivity contribution in [3.63, 3.8) is 0 Å². The summed E-state index contributed by atoms with van der Waals surface area (Å²) in [6, 6.07) is 11.9. The zero-order chi connectivity index (χ0) is 18.0. The number of halogens is 2. The summed E-state index contributed by atoms with van der Waals surface area (Å²) >= 11 is 7.08. The first-order valence-electron chi connectivity index (χ1n) is 7.52. The van der Waals surface area contributed by atoms with E-state index in [0.29, 0.717) is 5.02 Å². The Kier molecular flexibility index (Phi) is 5.36. The van der Waals surface area contributed by atoms with E-state index in [1.54, 1.807) is 12.1 Å². The summed E-state index contributed by atoms with van der Waals surface area (Å²) in [5.41, 5.74) is 0. The van der Waals surface area contributed by atoms with Crippen molar-refractivity contribution in [2.45, 2.75) is 15.0 Å². The van der Waals surface area contributed by atoms with Crippen LogP contribution in [0, 0.1) is 5.82 Å². The molecule has 1 fully saturated rings. The molecule has 0 atom stereocenters. The van der Waals surface area contributed by atoms with Crippen LogP contribution in [-0.2, 0) is 14.6 Å². The van der Waals surface area contributed by atoms with Crippen LogP contribution in [-0.4, -0.2) is 43.3 Å². The highest BCUT2D eigenvalue weighted by Crippen LogP contribution is 2.26. The summed E-state index contributed by atoms with van der Waals surface area (Å²) in [4.78, 5) is 14.7. The molecule has 132 valence electrons. The van der Waals surface area contributed by atoms with E-state index < -0.39 is 15.1 Å². The quantitative estimate of drug-likeness (QED) is 0.724. The Balaban J connectivity index is 1.53. The molecular weight excluding hydrogens is 385 g/mol. The van der Waals surface area contributed by atoms with Crippen LogP contribution in [0.25, 0.3) is 0 Å².